The summed E-state index contributed by atoms with van der Waals surface area (Å²) in [5.74, 6) is -1.25. The molecule has 0 fully saturated rings. The molecule has 0 saturated heterocycles. The molecule has 2 N–H and O–H groups in total. The number of hydrogen-bond acceptors (Lipinski definition) is 3. The van der Waals surface area contributed by atoms with Crippen LogP contribution in [0.25, 0.3) is 0 Å². The molecule has 0 aliphatic heterocycles. The minimum absolute atomic E-state index is 0.0911. The molecular formula is C12H15NO4. The van der Waals surface area contributed by atoms with Crippen molar-refractivity contribution in [1.29, 1.82) is 0 Å². The fourth-order valence-electron chi connectivity index (χ4n) is 1.36. The standard InChI is InChI=1S/C12H15NO4/c1-8(7-17-2)13-11(14)9-3-5-10(6-4-9)12(15)16/h3-6,8H,7H2,1-2H3,(H,13,14)(H,15,16)/t8-/m1/s1. The Balaban J connectivity index is 2.66. The lowest BCUT2D eigenvalue weighted by Gasteiger charge is -2.12. The highest BCUT2D eigenvalue weighted by Gasteiger charge is 2.10. The molecule has 0 aliphatic carbocycles. The second-order valence-corrected chi connectivity index (χ2v) is 3.71. The first-order valence-corrected chi connectivity index (χ1v) is 5.17. The Morgan fingerprint density at radius 3 is 2.29 bits per heavy atom. The molecule has 1 aromatic carbocycles. The maximum Gasteiger partial charge on any atom is 0.335 e. The fraction of sp³-hybridized carbons (Fsp3) is 0.333. The topological polar surface area (TPSA) is 75.6 Å². The molecule has 0 bridgehead atoms. The van der Waals surface area contributed by atoms with Gasteiger partial charge in [-0.25, -0.2) is 4.79 Å². The van der Waals surface area contributed by atoms with Gasteiger partial charge in [0.1, 0.15) is 0 Å². The van der Waals surface area contributed by atoms with E-state index in [-0.39, 0.29) is 17.5 Å². The van der Waals surface area contributed by atoms with E-state index in [0.29, 0.717) is 12.2 Å². The molecule has 1 amide bonds. The highest BCUT2D eigenvalue weighted by atomic mass is 16.5. The van der Waals surface area contributed by atoms with Gasteiger partial charge in [0.25, 0.3) is 5.91 Å². The van der Waals surface area contributed by atoms with Gasteiger partial charge < -0.3 is 15.2 Å². The minimum Gasteiger partial charge on any atom is -0.478 e. The van der Waals surface area contributed by atoms with Crippen LogP contribution in [0.4, 0.5) is 0 Å². The third kappa shape index (κ3) is 3.88. The van der Waals surface area contributed by atoms with Gasteiger partial charge in [-0.3, -0.25) is 4.79 Å². The fourth-order valence-corrected chi connectivity index (χ4v) is 1.36. The zero-order valence-corrected chi connectivity index (χ0v) is 9.77. The van der Waals surface area contributed by atoms with E-state index in [1.54, 1.807) is 7.11 Å². The molecule has 0 aromatic heterocycles. The number of methoxy groups -OCH3 is 1. The second kappa shape index (κ2) is 6.00. The first-order valence-electron chi connectivity index (χ1n) is 5.17. The summed E-state index contributed by atoms with van der Waals surface area (Å²) in [5.41, 5.74) is 0.587. The van der Waals surface area contributed by atoms with Gasteiger partial charge in [0.05, 0.1) is 12.2 Å². The molecule has 0 spiro atoms. The molecule has 1 rings (SSSR count). The van der Waals surface area contributed by atoms with E-state index in [1.807, 2.05) is 6.92 Å². The van der Waals surface area contributed by atoms with Crippen molar-refractivity contribution in [3.8, 4) is 0 Å². The number of carboxylic acid groups (broad SMARTS) is 1. The number of aromatic carboxylic acids is 1. The number of ether oxygens (including phenoxy) is 1. The van der Waals surface area contributed by atoms with Crippen LogP contribution in [0.2, 0.25) is 0 Å². The number of carbonyl (C=O) groups is 2. The number of carboxylic acids is 1. The van der Waals surface area contributed by atoms with Crippen LogP contribution in [-0.4, -0.2) is 36.7 Å². The van der Waals surface area contributed by atoms with Crippen LogP contribution in [0.3, 0.4) is 0 Å². The number of rotatable bonds is 5. The van der Waals surface area contributed by atoms with Gasteiger partial charge in [0, 0.05) is 18.7 Å². The van der Waals surface area contributed by atoms with Gasteiger partial charge in [-0.15, -0.1) is 0 Å². The highest BCUT2D eigenvalue weighted by Crippen LogP contribution is 2.04. The number of amides is 1. The predicted octanol–water partition coefficient (Wildman–Crippen LogP) is 1.15. The molecular weight excluding hydrogens is 222 g/mol. The Bertz CT molecular complexity index is 399. The monoisotopic (exact) mass is 237 g/mol. The summed E-state index contributed by atoms with van der Waals surface area (Å²) in [6, 6.07) is 5.68. The quantitative estimate of drug-likeness (QED) is 0.805. The van der Waals surface area contributed by atoms with Gasteiger partial charge in [0.15, 0.2) is 0 Å². The normalized spacial score (nSPS) is 11.9. The summed E-state index contributed by atoms with van der Waals surface area (Å²) in [7, 11) is 1.56. The molecule has 5 heteroatoms. The lowest BCUT2D eigenvalue weighted by atomic mass is 10.1. The van der Waals surface area contributed by atoms with Crippen molar-refractivity contribution in [1.82, 2.24) is 5.32 Å². The van der Waals surface area contributed by atoms with E-state index < -0.39 is 5.97 Å². The van der Waals surface area contributed by atoms with Gasteiger partial charge in [0.2, 0.25) is 0 Å². The highest BCUT2D eigenvalue weighted by molar-refractivity contribution is 5.96. The molecule has 17 heavy (non-hydrogen) atoms. The summed E-state index contributed by atoms with van der Waals surface area (Å²) in [6.45, 7) is 2.26. The lowest BCUT2D eigenvalue weighted by molar-refractivity contribution is 0.0696. The molecule has 0 aliphatic rings. The van der Waals surface area contributed by atoms with Gasteiger partial charge in [-0.05, 0) is 31.2 Å². The molecule has 0 heterocycles. The Morgan fingerprint density at radius 1 is 1.29 bits per heavy atom. The SMILES string of the molecule is COC[C@@H](C)NC(=O)c1ccc(C(=O)O)cc1. The van der Waals surface area contributed by atoms with Crippen LogP contribution < -0.4 is 5.32 Å². The Morgan fingerprint density at radius 2 is 1.82 bits per heavy atom. The number of benzene rings is 1. The largest absolute Gasteiger partial charge is 0.478 e. The molecule has 92 valence electrons. The number of carbonyl (C=O) groups excluding carboxylic acids is 1. The average molecular weight is 237 g/mol. The Labute approximate surface area is 99.4 Å². The summed E-state index contributed by atoms with van der Waals surface area (Å²) in [4.78, 5) is 22.3. The van der Waals surface area contributed by atoms with Crippen LogP contribution in [0.15, 0.2) is 24.3 Å². The maximum absolute atomic E-state index is 11.7. The van der Waals surface area contributed by atoms with Gasteiger partial charge >= 0.3 is 5.97 Å². The molecule has 0 saturated carbocycles. The van der Waals surface area contributed by atoms with Gasteiger partial charge in [-0.1, -0.05) is 0 Å². The number of nitrogens with one attached hydrogen (secondary N) is 1. The molecule has 0 radical (unpaired) electrons. The summed E-state index contributed by atoms with van der Waals surface area (Å²) in [5, 5.41) is 11.4. The maximum atomic E-state index is 11.7. The Hall–Kier alpha value is -1.88. The van der Waals surface area contributed by atoms with E-state index in [9.17, 15) is 9.59 Å². The lowest BCUT2D eigenvalue weighted by Crippen LogP contribution is -2.35. The van der Waals surface area contributed by atoms with E-state index >= 15 is 0 Å². The third-order valence-corrected chi connectivity index (χ3v) is 2.19. The predicted molar refractivity (Wildman–Crippen MR) is 62.2 cm³/mol. The first-order chi connectivity index (χ1) is 8.04. The minimum atomic E-state index is -1.01. The molecule has 1 atom stereocenters. The molecule has 5 nitrogen and oxygen atoms in total. The van der Waals surface area contributed by atoms with Crippen LogP contribution >= 0.6 is 0 Å². The summed E-state index contributed by atoms with van der Waals surface area (Å²) < 4.78 is 4.90. The van der Waals surface area contributed by atoms with E-state index in [1.165, 1.54) is 24.3 Å². The van der Waals surface area contributed by atoms with Crippen molar-refractivity contribution in [2.75, 3.05) is 13.7 Å². The van der Waals surface area contributed by atoms with Crippen LogP contribution in [0.5, 0.6) is 0 Å². The van der Waals surface area contributed by atoms with Crippen molar-refractivity contribution < 1.29 is 19.4 Å². The molecule has 0 unspecified atom stereocenters. The molecule has 1 aromatic rings. The smallest absolute Gasteiger partial charge is 0.335 e. The average Bonchev–Trinajstić information content (AvgIpc) is 2.29. The first kappa shape index (κ1) is 13.2. The van der Waals surface area contributed by atoms with Crippen LogP contribution in [0, 0.1) is 0 Å². The van der Waals surface area contributed by atoms with E-state index in [4.69, 9.17) is 9.84 Å². The summed E-state index contributed by atoms with van der Waals surface area (Å²) in [6.07, 6.45) is 0. The van der Waals surface area contributed by atoms with Crippen molar-refractivity contribution >= 4 is 11.9 Å². The van der Waals surface area contributed by atoms with Crippen molar-refractivity contribution in [2.45, 2.75) is 13.0 Å². The summed E-state index contributed by atoms with van der Waals surface area (Å²) >= 11 is 0. The second-order valence-electron chi connectivity index (χ2n) is 3.71. The van der Waals surface area contributed by atoms with E-state index in [2.05, 4.69) is 5.32 Å². The van der Waals surface area contributed by atoms with Crippen molar-refractivity contribution in [3.05, 3.63) is 35.4 Å². The van der Waals surface area contributed by atoms with Crippen LogP contribution in [0.1, 0.15) is 27.6 Å². The van der Waals surface area contributed by atoms with E-state index in [0.717, 1.165) is 0 Å². The number of hydrogen-bond donors (Lipinski definition) is 2. The zero-order chi connectivity index (χ0) is 12.8. The zero-order valence-electron chi connectivity index (χ0n) is 9.77. The van der Waals surface area contributed by atoms with Crippen molar-refractivity contribution in [3.63, 3.8) is 0 Å². The Kier molecular flexibility index (Phi) is 4.66. The third-order valence-electron chi connectivity index (χ3n) is 2.19. The van der Waals surface area contributed by atoms with Crippen LogP contribution in [-0.2, 0) is 4.74 Å². The van der Waals surface area contributed by atoms with Gasteiger partial charge in [-0.2, -0.15) is 0 Å². The van der Waals surface area contributed by atoms with Crippen molar-refractivity contribution in [2.24, 2.45) is 0 Å².